The molecule has 1 atom stereocenters. The van der Waals surface area contributed by atoms with Crippen LogP contribution >= 0.6 is 11.6 Å². The fourth-order valence-corrected chi connectivity index (χ4v) is 3.52. The lowest BCUT2D eigenvalue weighted by molar-refractivity contribution is -0.132. The zero-order valence-corrected chi connectivity index (χ0v) is 17.9. The second-order valence-corrected chi connectivity index (χ2v) is 9.26. The van der Waals surface area contributed by atoms with Crippen LogP contribution in [0.2, 0.25) is 0 Å². The van der Waals surface area contributed by atoms with Crippen LogP contribution in [0.3, 0.4) is 0 Å². The molecule has 152 valence electrons. The first-order valence-corrected chi connectivity index (χ1v) is 11.2. The molecule has 2 aromatic rings. The van der Waals surface area contributed by atoms with Gasteiger partial charge in [0, 0.05) is 13.1 Å². The van der Waals surface area contributed by atoms with Crippen molar-refractivity contribution < 1.29 is 17.4 Å². The normalized spacial score (nSPS) is 12.6. The molecule has 2 aromatic carbocycles. The summed E-state index contributed by atoms with van der Waals surface area (Å²) in [5.74, 6) is 0.194. The van der Waals surface area contributed by atoms with Gasteiger partial charge in [-0.05, 0) is 36.1 Å². The molecule has 0 aliphatic carbocycles. The van der Waals surface area contributed by atoms with Crippen LogP contribution in [0.5, 0.6) is 5.75 Å². The Morgan fingerprint density at radius 2 is 1.79 bits per heavy atom. The van der Waals surface area contributed by atoms with E-state index in [-0.39, 0.29) is 23.3 Å². The maximum absolute atomic E-state index is 13.0. The highest BCUT2D eigenvalue weighted by Crippen LogP contribution is 2.25. The summed E-state index contributed by atoms with van der Waals surface area (Å²) in [5.41, 5.74) is 1.52. The van der Waals surface area contributed by atoms with Crippen molar-refractivity contribution in [2.24, 2.45) is 5.92 Å². The van der Waals surface area contributed by atoms with E-state index >= 15 is 0 Å². The van der Waals surface area contributed by atoms with Crippen LogP contribution in [0.15, 0.2) is 54.6 Å². The number of hydrogen-bond donors (Lipinski definition) is 0. The minimum absolute atomic E-state index is 0.111. The van der Waals surface area contributed by atoms with Gasteiger partial charge in [-0.2, -0.15) is 8.42 Å². The van der Waals surface area contributed by atoms with Crippen LogP contribution in [0.25, 0.3) is 0 Å². The number of carbonyl (C=O) groups is 1. The Balaban J connectivity index is 2.21. The molecule has 0 fully saturated rings. The van der Waals surface area contributed by atoms with Gasteiger partial charge in [0.2, 0.25) is 5.91 Å². The minimum atomic E-state index is -3.60. The van der Waals surface area contributed by atoms with E-state index in [2.05, 4.69) is 0 Å². The fourth-order valence-electron chi connectivity index (χ4n) is 2.72. The molecule has 0 aromatic heterocycles. The number of nitrogens with zero attached hydrogens (tertiary/aromatic N) is 1. The Bertz CT molecular complexity index is 884. The number of hydrogen-bond acceptors (Lipinski definition) is 4. The van der Waals surface area contributed by atoms with Crippen LogP contribution < -0.4 is 4.18 Å². The molecule has 0 spiro atoms. The predicted molar refractivity (Wildman–Crippen MR) is 112 cm³/mol. The largest absolute Gasteiger partial charge is 0.382 e. The highest BCUT2D eigenvalue weighted by atomic mass is 35.5. The van der Waals surface area contributed by atoms with Gasteiger partial charge in [-0.15, -0.1) is 11.6 Å². The van der Waals surface area contributed by atoms with E-state index in [1.54, 1.807) is 23.1 Å². The van der Waals surface area contributed by atoms with Crippen molar-refractivity contribution in [3.8, 4) is 5.75 Å². The van der Waals surface area contributed by atoms with E-state index < -0.39 is 15.5 Å². The van der Waals surface area contributed by atoms with E-state index in [9.17, 15) is 13.2 Å². The molecule has 28 heavy (non-hydrogen) atoms. The summed E-state index contributed by atoms with van der Waals surface area (Å²) in [6.45, 7) is 6.43. The Hall–Kier alpha value is -2.05. The van der Waals surface area contributed by atoms with E-state index in [0.717, 1.165) is 11.1 Å². The maximum atomic E-state index is 13.0. The molecule has 0 aliphatic rings. The van der Waals surface area contributed by atoms with E-state index in [1.807, 2.05) is 50.2 Å². The van der Waals surface area contributed by atoms with Gasteiger partial charge in [0.05, 0.1) is 5.75 Å². The number of halogens is 1. The van der Waals surface area contributed by atoms with Gasteiger partial charge in [0.15, 0.2) is 0 Å². The molecule has 5 nitrogen and oxygen atoms in total. The lowest BCUT2D eigenvalue weighted by atomic mass is 10.1. The van der Waals surface area contributed by atoms with E-state index in [4.69, 9.17) is 15.8 Å². The van der Waals surface area contributed by atoms with E-state index in [1.165, 1.54) is 6.92 Å². The van der Waals surface area contributed by atoms with Crippen molar-refractivity contribution in [3.63, 3.8) is 0 Å². The fraction of sp³-hybridized carbons (Fsp3) is 0.381. The molecular formula is C21H26ClNO4S. The third kappa shape index (κ3) is 6.53. The smallest absolute Gasteiger partial charge is 0.308 e. The van der Waals surface area contributed by atoms with Crippen molar-refractivity contribution in [3.05, 3.63) is 65.7 Å². The van der Waals surface area contributed by atoms with Gasteiger partial charge >= 0.3 is 10.1 Å². The standard InChI is InChI=1S/C21H26ClNO4S/c1-4-28(25,26)27-19-12-8-9-17(13-19)15-23(14-16(2)3)21(24)20(22)18-10-6-5-7-11-18/h5-13,16,20H,4,14-15H2,1-3H3/t20-/m0/s1. The topological polar surface area (TPSA) is 63.7 Å². The average molecular weight is 424 g/mol. The maximum Gasteiger partial charge on any atom is 0.308 e. The van der Waals surface area contributed by atoms with Crippen molar-refractivity contribution in [1.29, 1.82) is 0 Å². The molecule has 1 amide bonds. The molecule has 7 heteroatoms. The van der Waals surface area contributed by atoms with Crippen LogP contribution in [-0.2, 0) is 21.5 Å². The SMILES string of the molecule is CCS(=O)(=O)Oc1cccc(CN(CC(C)C)C(=O)[C@@H](Cl)c2ccccc2)c1. The molecule has 0 N–H and O–H groups in total. The molecule has 2 rings (SSSR count). The molecule has 0 saturated heterocycles. The highest BCUT2D eigenvalue weighted by molar-refractivity contribution is 7.87. The number of carbonyl (C=O) groups excluding carboxylic acids is 1. The Morgan fingerprint density at radius 3 is 2.39 bits per heavy atom. The molecule has 0 saturated carbocycles. The summed E-state index contributed by atoms with van der Waals surface area (Å²) < 4.78 is 28.5. The van der Waals surface area contributed by atoms with E-state index in [0.29, 0.717) is 13.1 Å². The third-order valence-electron chi connectivity index (χ3n) is 4.05. The van der Waals surface area contributed by atoms with Crippen molar-refractivity contribution in [2.75, 3.05) is 12.3 Å². The molecule has 0 unspecified atom stereocenters. The Labute approximate surface area is 172 Å². The van der Waals surface area contributed by atoms with Crippen molar-refractivity contribution in [1.82, 2.24) is 4.90 Å². The average Bonchev–Trinajstić information content (AvgIpc) is 2.66. The number of benzene rings is 2. The van der Waals surface area contributed by atoms with Crippen LogP contribution in [0, 0.1) is 5.92 Å². The summed E-state index contributed by atoms with van der Waals surface area (Å²) in [7, 11) is -3.60. The summed E-state index contributed by atoms with van der Waals surface area (Å²) in [6, 6.07) is 16.0. The van der Waals surface area contributed by atoms with Gasteiger partial charge in [-0.1, -0.05) is 56.3 Å². The monoisotopic (exact) mass is 423 g/mol. The zero-order chi connectivity index (χ0) is 20.7. The summed E-state index contributed by atoms with van der Waals surface area (Å²) in [4.78, 5) is 14.7. The summed E-state index contributed by atoms with van der Waals surface area (Å²) in [6.07, 6.45) is 0. The van der Waals surface area contributed by atoms with Gasteiger partial charge in [-0.25, -0.2) is 0 Å². The predicted octanol–water partition coefficient (Wildman–Crippen LogP) is 4.38. The van der Waals surface area contributed by atoms with Crippen LogP contribution in [-0.4, -0.2) is 31.5 Å². The molecular weight excluding hydrogens is 398 g/mol. The Kier molecular flexibility index (Phi) is 7.89. The molecule has 0 aliphatic heterocycles. The first-order chi connectivity index (χ1) is 13.2. The van der Waals surface area contributed by atoms with Crippen molar-refractivity contribution in [2.45, 2.75) is 32.7 Å². The summed E-state index contributed by atoms with van der Waals surface area (Å²) >= 11 is 6.44. The zero-order valence-electron chi connectivity index (χ0n) is 16.3. The van der Waals surface area contributed by atoms with Gasteiger partial charge in [0.1, 0.15) is 11.1 Å². The third-order valence-corrected chi connectivity index (χ3v) is 5.65. The van der Waals surface area contributed by atoms with Gasteiger partial charge in [0.25, 0.3) is 0 Å². The van der Waals surface area contributed by atoms with Gasteiger partial charge < -0.3 is 9.08 Å². The van der Waals surface area contributed by atoms with Crippen molar-refractivity contribution >= 4 is 27.6 Å². The minimum Gasteiger partial charge on any atom is -0.382 e. The molecule has 0 bridgehead atoms. The number of alkyl halides is 1. The Morgan fingerprint density at radius 1 is 1.11 bits per heavy atom. The first-order valence-electron chi connectivity index (χ1n) is 9.20. The lowest BCUT2D eigenvalue weighted by Gasteiger charge is -2.27. The number of rotatable bonds is 9. The first kappa shape index (κ1) is 22.2. The quantitative estimate of drug-likeness (QED) is 0.443. The lowest BCUT2D eigenvalue weighted by Crippen LogP contribution is -2.36. The second kappa shape index (κ2) is 9.94. The second-order valence-electron chi connectivity index (χ2n) is 6.96. The highest BCUT2D eigenvalue weighted by Gasteiger charge is 2.24. The van der Waals surface area contributed by atoms with Crippen LogP contribution in [0.4, 0.5) is 0 Å². The number of amides is 1. The molecule has 0 radical (unpaired) electrons. The molecule has 0 heterocycles. The van der Waals surface area contributed by atoms with Crippen LogP contribution in [0.1, 0.15) is 37.3 Å². The van der Waals surface area contributed by atoms with Gasteiger partial charge in [-0.3, -0.25) is 4.79 Å². The summed E-state index contributed by atoms with van der Waals surface area (Å²) in [5, 5.41) is -0.778.